The Hall–Kier alpha value is -2.69. The summed E-state index contributed by atoms with van der Waals surface area (Å²) in [6.45, 7) is 0. The third-order valence-electron chi connectivity index (χ3n) is 4.21. The first-order chi connectivity index (χ1) is 11.2. The third-order valence-corrected chi connectivity index (χ3v) is 4.21. The number of nitrogens with zero attached hydrogens (tertiary/aromatic N) is 1. The number of para-hydroxylation sites is 1. The van der Waals surface area contributed by atoms with Gasteiger partial charge < -0.3 is 5.32 Å². The van der Waals surface area contributed by atoms with E-state index in [1.807, 2.05) is 6.07 Å². The third kappa shape index (κ3) is 3.23. The molecular weight excluding hydrogens is 292 g/mol. The molecule has 2 aromatic rings. The molecule has 1 aliphatic rings. The SMILES string of the molecule is O=C(c1ccccc1)c1cccc(NC2CCCC2)c1[N+](=O)[O-]. The molecule has 2 aromatic carbocycles. The van der Waals surface area contributed by atoms with Gasteiger partial charge in [0.25, 0.3) is 0 Å². The number of carbonyl (C=O) groups is 1. The van der Waals surface area contributed by atoms with Crippen molar-refractivity contribution in [1.82, 2.24) is 0 Å². The van der Waals surface area contributed by atoms with Gasteiger partial charge in [-0.15, -0.1) is 0 Å². The highest BCUT2D eigenvalue weighted by Gasteiger charge is 2.27. The summed E-state index contributed by atoms with van der Waals surface area (Å²) in [5.41, 5.74) is 0.884. The Bertz CT molecular complexity index is 722. The van der Waals surface area contributed by atoms with Crippen LogP contribution < -0.4 is 5.32 Å². The van der Waals surface area contributed by atoms with E-state index in [2.05, 4.69) is 5.32 Å². The van der Waals surface area contributed by atoms with Gasteiger partial charge in [-0.25, -0.2) is 0 Å². The lowest BCUT2D eigenvalue weighted by molar-refractivity contribution is -0.384. The molecule has 1 aliphatic carbocycles. The van der Waals surface area contributed by atoms with Gasteiger partial charge in [-0.1, -0.05) is 49.2 Å². The summed E-state index contributed by atoms with van der Waals surface area (Å²) in [5, 5.41) is 14.8. The zero-order chi connectivity index (χ0) is 16.2. The van der Waals surface area contributed by atoms with Crippen LogP contribution in [0.5, 0.6) is 0 Å². The highest BCUT2D eigenvalue weighted by atomic mass is 16.6. The molecule has 0 heterocycles. The number of rotatable bonds is 5. The lowest BCUT2D eigenvalue weighted by atomic mass is 10.0. The molecule has 0 aromatic heterocycles. The Morgan fingerprint density at radius 1 is 1.04 bits per heavy atom. The van der Waals surface area contributed by atoms with Gasteiger partial charge in [0.15, 0.2) is 5.78 Å². The minimum absolute atomic E-state index is 0.129. The van der Waals surface area contributed by atoms with Gasteiger partial charge in [-0.2, -0.15) is 0 Å². The second-order valence-corrected chi connectivity index (χ2v) is 5.78. The number of ketones is 1. The van der Waals surface area contributed by atoms with Crippen LogP contribution in [-0.2, 0) is 0 Å². The first-order valence-electron chi connectivity index (χ1n) is 7.80. The standard InChI is InChI=1S/C18H18N2O3/c21-18(13-7-2-1-3-8-13)15-11-6-12-16(17(15)20(22)23)19-14-9-4-5-10-14/h1-3,6-8,11-12,14,19H,4-5,9-10H2. The smallest absolute Gasteiger partial charge is 0.303 e. The molecule has 5 heteroatoms. The molecule has 1 saturated carbocycles. The van der Waals surface area contributed by atoms with E-state index in [4.69, 9.17) is 0 Å². The average Bonchev–Trinajstić information content (AvgIpc) is 3.07. The van der Waals surface area contributed by atoms with E-state index < -0.39 is 4.92 Å². The number of nitro groups is 1. The van der Waals surface area contributed by atoms with Crippen LogP contribution in [0, 0.1) is 10.1 Å². The number of nitro benzene ring substituents is 1. The number of hydrogen-bond acceptors (Lipinski definition) is 4. The molecular formula is C18H18N2O3. The van der Waals surface area contributed by atoms with Crippen molar-refractivity contribution >= 4 is 17.2 Å². The summed E-state index contributed by atoms with van der Waals surface area (Å²) >= 11 is 0. The maximum atomic E-state index is 12.6. The molecule has 0 saturated heterocycles. The fraction of sp³-hybridized carbons (Fsp3) is 0.278. The minimum Gasteiger partial charge on any atom is -0.377 e. The van der Waals surface area contributed by atoms with Gasteiger partial charge in [-0.3, -0.25) is 14.9 Å². The average molecular weight is 310 g/mol. The van der Waals surface area contributed by atoms with Crippen molar-refractivity contribution < 1.29 is 9.72 Å². The molecule has 0 amide bonds. The van der Waals surface area contributed by atoms with Crippen molar-refractivity contribution in [2.24, 2.45) is 0 Å². The number of hydrogen-bond donors (Lipinski definition) is 1. The lowest BCUT2D eigenvalue weighted by Gasteiger charge is -2.14. The van der Waals surface area contributed by atoms with E-state index in [9.17, 15) is 14.9 Å². The Morgan fingerprint density at radius 3 is 2.39 bits per heavy atom. The Balaban J connectivity index is 1.99. The zero-order valence-corrected chi connectivity index (χ0v) is 12.7. The van der Waals surface area contributed by atoms with Crippen LogP contribution in [0.3, 0.4) is 0 Å². The van der Waals surface area contributed by atoms with Crippen molar-refractivity contribution in [3.63, 3.8) is 0 Å². The van der Waals surface area contributed by atoms with E-state index in [0.717, 1.165) is 25.7 Å². The van der Waals surface area contributed by atoms with Gasteiger partial charge >= 0.3 is 5.69 Å². The Kier molecular flexibility index (Phi) is 4.37. The molecule has 23 heavy (non-hydrogen) atoms. The van der Waals surface area contributed by atoms with E-state index >= 15 is 0 Å². The quantitative estimate of drug-likeness (QED) is 0.511. The predicted molar refractivity (Wildman–Crippen MR) is 88.8 cm³/mol. The zero-order valence-electron chi connectivity index (χ0n) is 12.7. The van der Waals surface area contributed by atoms with E-state index in [1.54, 1.807) is 36.4 Å². The summed E-state index contributed by atoms with van der Waals surface area (Å²) in [6.07, 6.45) is 4.28. The lowest BCUT2D eigenvalue weighted by Crippen LogP contribution is -2.17. The van der Waals surface area contributed by atoms with Crippen LogP contribution in [0.1, 0.15) is 41.6 Å². The minimum atomic E-state index is -0.465. The van der Waals surface area contributed by atoms with Gasteiger partial charge in [0.1, 0.15) is 11.3 Å². The molecule has 5 nitrogen and oxygen atoms in total. The molecule has 0 unspecified atom stereocenters. The maximum Gasteiger partial charge on any atom is 0.303 e. The van der Waals surface area contributed by atoms with Crippen molar-refractivity contribution in [3.05, 3.63) is 69.8 Å². The van der Waals surface area contributed by atoms with Crippen LogP contribution in [0.25, 0.3) is 0 Å². The van der Waals surface area contributed by atoms with Gasteiger partial charge in [0.2, 0.25) is 0 Å². The first kappa shape index (κ1) is 15.2. The summed E-state index contributed by atoms with van der Waals surface area (Å²) in [6, 6.07) is 13.8. The maximum absolute atomic E-state index is 12.6. The molecule has 1 N–H and O–H groups in total. The van der Waals surface area contributed by atoms with E-state index in [1.165, 1.54) is 6.07 Å². The van der Waals surface area contributed by atoms with Crippen LogP contribution in [0.2, 0.25) is 0 Å². The second-order valence-electron chi connectivity index (χ2n) is 5.78. The topological polar surface area (TPSA) is 72.2 Å². The number of benzene rings is 2. The van der Waals surface area contributed by atoms with Gasteiger partial charge in [-0.05, 0) is 25.0 Å². The summed E-state index contributed by atoms with van der Waals surface area (Å²) < 4.78 is 0. The molecule has 0 radical (unpaired) electrons. The van der Waals surface area contributed by atoms with Gasteiger partial charge in [0.05, 0.1) is 4.92 Å². The highest BCUT2D eigenvalue weighted by molar-refractivity contribution is 6.12. The second kappa shape index (κ2) is 6.60. The van der Waals surface area contributed by atoms with Crippen LogP contribution in [-0.4, -0.2) is 16.7 Å². The molecule has 118 valence electrons. The summed E-state index contributed by atoms with van der Waals surface area (Å²) in [5.74, 6) is -0.327. The van der Waals surface area contributed by atoms with Crippen LogP contribution >= 0.6 is 0 Å². The molecule has 0 aliphatic heterocycles. The summed E-state index contributed by atoms with van der Waals surface area (Å²) in [7, 11) is 0. The van der Waals surface area contributed by atoms with Gasteiger partial charge in [0, 0.05) is 11.6 Å². The van der Waals surface area contributed by atoms with Crippen LogP contribution in [0.15, 0.2) is 48.5 Å². The number of carbonyl (C=O) groups excluding carboxylic acids is 1. The molecule has 0 bridgehead atoms. The molecule has 1 fully saturated rings. The molecule has 0 spiro atoms. The number of nitrogens with one attached hydrogen (secondary N) is 1. The monoisotopic (exact) mass is 310 g/mol. The largest absolute Gasteiger partial charge is 0.377 e. The van der Waals surface area contributed by atoms with Crippen molar-refractivity contribution in [2.75, 3.05) is 5.32 Å². The summed E-state index contributed by atoms with van der Waals surface area (Å²) in [4.78, 5) is 23.7. The van der Waals surface area contributed by atoms with Crippen molar-refractivity contribution in [3.8, 4) is 0 Å². The van der Waals surface area contributed by atoms with E-state index in [0.29, 0.717) is 11.3 Å². The highest BCUT2D eigenvalue weighted by Crippen LogP contribution is 2.33. The fourth-order valence-electron chi connectivity index (χ4n) is 3.08. The molecule has 3 rings (SSSR count). The normalized spacial score (nSPS) is 14.6. The van der Waals surface area contributed by atoms with Crippen molar-refractivity contribution in [2.45, 2.75) is 31.7 Å². The van der Waals surface area contributed by atoms with Crippen LogP contribution in [0.4, 0.5) is 11.4 Å². The molecule has 0 atom stereocenters. The number of anilines is 1. The first-order valence-corrected chi connectivity index (χ1v) is 7.80. The Morgan fingerprint density at radius 2 is 1.74 bits per heavy atom. The predicted octanol–water partition coefficient (Wildman–Crippen LogP) is 4.18. The van der Waals surface area contributed by atoms with Crippen molar-refractivity contribution in [1.29, 1.82) is 0 Å². The fourth-order valence-corrected chi connectivity index (χ4v) is 3.08. The Labute approximate surface area is 134 Å². The van der Waals surface area contributed by atoms with E-state index in [-0.39, 0.29) is 23.1 Å².